The lowest BCUT2D eigenvalue weighted by Crippen LogP contribution is -2.31. The van der Waals surface area contributed by atoms with Crippen LogP contribution in [0.4, 0.5) is 0 Å². The minimum atomic E-state index is 0.493. The zero-order valence-electron chi connectivity index (χ0n) is 7.90. The first-order valence-corrected chi connectivity index (χ1v) is 5.01. The molecule has 0 radical (unpaired) electrons. The SMILES string of the molecule is CCCCC(N)C1(CC)CC1. The molecule has 1 aliphatic carbocycles. The topological polar surface area (TPSA) is 26.0 Å². The predicted octanol–water partition coefficient (Wildman–Crippen LogP) is 2.69. The van der Waals surface area contributed by atoms with Crippen molar-refractivity contribution in [2.75, 3.05) is 0 Å². The highest BCUT2D eigenvalue weighted by Gasteiger charge is 2.45. The van der Waals surface area contributed by atoms with Crippen molar-refractivity contribution in [3.8, 4) is 0 Å². The van der Waals surface area contributed by atoms with Crippen molar-refractivity contribution in [3.05, 3.63) is 0 Å². The molecule has 0 saturated heterocycles. The monoisotopic (exact) mass is 155 g/mol. The van der Waals surface area contributed by atoms with Gasteiger partial charge in [-0.05, 0) is 31.1 Å². The van der Waals surface area contributed by atoms with Gasteiger partial charge in [0.05, 0.1) is 0 Å². The smallest absolute Gasteiger partial charge is 0.00954 e. The molecule has 1 aliphatic rings. The van der Waals surface area contributed by atoms with Crippen LogP contribution in [0.25, 0.3) is 0 Å². The lowest BCUT2D eigenvalue weighted by atomic mass is 9.90. The standard InChI is InChI=1S/C10H21N/c1-3-5-6-9(11)10(4-2)7-8-10/h9H,3-8,11H2,1-2H3. The molecule has 1 fully saturated rings. The van der Waals surface area contributed by atoms with Crippen molar-refractivity contribution in [1.29, 1.82) is 0 Å². The van der Waals surface area contributed by atoms with E-state index in [1.165, 1.54) is 38.5 Å². The molecule has 2 N–H and O–H groups in total. The summed E-state index contributed by atoms with van der Waals surface area (Å²) < 4.78 is 0. The zero-order chi connectivity index (χ0) is 8.32. The first-order valence-electron chi connectivity index (χ1n) is 5.01. The molecule has 0 heterocycles. The summed E-state index contributed by atoms with van der Waals surface area (Å²) in [4.78, 5) is 0. The summed E-state index contributed by atoms with van der Waals surface area (Å²) in [7, 11) is 0. The van der Waals surface area contributed by atoms with Crippen LogP contribution in [0.3, 0.4) is 0 Å². The molecule has 0 aliphatic heterocycles. The highest BCUT2D eigenvalue weighted by atomic mass is 14.7. The molecule has 1 heteroatoms. The van der Waals surface area contributed by atoms with Crippen molar-refractivity contribution in [2.45, 2.75) is 58.4 Å². The molecule has 0 aromatic rings. The number of rotatable bonds is 5. The molecule has 1 nitrogen and oxygen atoms in total. The van der Waals surface area contributed by atoms with E-state index in [1.54, 1.807) is 0 Å². The largest absolute Gasteiger partial charge is 0.327 e. The molecule has 66 valence electrons. The molecule has 11 heavy (non-hydrogen) atoms. The summed E-state index contributed by atoms with van der Waals surface area (Å²) >= 11 is 0. The van der Waals surface area contributed by atoms with Gasteiger partial charge >= 0.3 is 0 Å². The third kappa shape index (κ3) is 1.96. The average molecular weight is 155 g/mol. The zero-order valence-corrected chi connectivity index (χ0v) is 7.90. The van der Waals surface area contributed by atoms with Gasteiger partial charge in [0, 0.05) is 6.04 Å². The third-order valence-corrected chi connectivity index (χ3v) is 3.25. The van der Waals surface area contributed by atoms with Crippen molar-refractivity contribution >= 4 is 0 Å². The highest BCUT2D eigenvalue weighted by Crippen LogP contribution is 2.51. The van der Waals surface area contributed by atoms with E-state index in [9.17, 15) is 0 Å². The predicted molar refractivity (Wildman–Crippen MR) is 49.5 cm³/mol. The Morgan fingerprint density at radius 1 is 1.36 bits per heavy atom. The van der Waals surface area contributed by atoms with Gasteiger partial charge in [0.1, 0.15) is 0 Å². The van der Waals surface area contributed by atoms with E-state index in [4.69, 9.17) is 5.73 Å². The van der Waals surface area contributed by atoms with E-state index in [0.717, 1.165) is 0 Å². The molecule has 0 bridgehead atoms. The van der Waals surface area contributed by atoms with Crippen LogP contribution in [0.5, 0.6) is 0 Å². The Balaban J connectivity index is 2.23. The summed E-state index contributed by atoms with van der Waals surface area (Å²) in [5, 5.41) is 0. The summed E-state index contributed by atoms with van der Waals surface area (Å²) in [6, 6.07) is 0.493. The van der Waals surface area contributed by atoms with Gasteiger partial charge in [-0.1, -0.05) is 26.7 Å². The average Bonchev–Trinajstić information content (AvgIpc) is 2.80. The van der Waals surface area contributed by atoms with Gasteiger partial charge in [-0.2, -0.15) is 0 Å². The lowest BCUT2D eigenvalue weighted by molar-refractivity contribution is 0.358. The molecule has 0 aromatic heterocycles. The van der Waals surface area contributed by atoms with Gasteiger partial charge in [0.2, 0.25) is 0 Å². The van der Waals surface area contributed by atoms with Crippen LogP contribution in [0.1, 0.15) is 52.4 Å². The minimum absolute atomic E-state index is 0.493. The molecule has 0 spiro atoms. The van der Waals surface area contributed by atoms with E-state index in [1.807, 2.05) is 0 Å². The van der Waals surface area contributed by atoms with Crippen LogP contribution in [0.2, 0.25) is 0 Å². The highest BCUT2D eigenvalue weighted by molar-refractivity contribution is 4.99. The minimum Gasteiger partial charge on any atom is -0.327 e. The Kier molecular flexibility index (Phi) is 2.94. The van der Waals surface area contributed by atoms with Crippen molar-refractivity contribution < 1.29 is 0 Å². The van der Waals surface area contributed by atoms with Crippen molar-refractivity contribution in [2.24, 2.45) is 11.1 Å². The maximum atomic E-state index is 6.11. The van der Waals surface area contributed by atoms with E-state index in [-0.39, 0.29) is 0 Å². The molecular formula is C10H21N. The molecule has 0 aromatic carbocycles. The van der Waals surface area contributed by atoms with Crippen LogP contribution in [-0.4, -0.2) is 6.04 Å². The summed E-state index contributed by atoms with van der Waals surface area (Å²) in [5.74, 6) is 0. The van der Waals surface area contributed by atoms with Crippen LogP contribution in [-0.2, 0) is 0 Å². The summed E-state index contributed by atoms with van der Waals surface area (Å²) in [6.07, 6.45) is 7.89. The van der Waals surface area contributed by atoms with Crippen LogP contribution in [0.15, 0.2) is 0 Å². The van der Waals surface area contributed by atoms with E-state index in [2.05, 4.69) is 13.8 Å². The molecular weight excluding hydrogens is 134 g/mol. The Hall–Kier alpha value is -0.0400. The number of hydrogen-bond acceptors (Lipinski definition) is 1. The molecule has 0 amide bonds. The summed E-state index contributed by atoms with van der Waals surface area (Å²) in [6.45, 7) is 4.51. The molecule has 1 saturated carbocycles. The summed E-state index contributed by atoms with van der Waals surface area (Å²) in [5.41, 5.74) is 6.69. The fourth-order valence-electron chi connectivity index (χ4n) is 1.88. The van der Waals surface area contributed by atoms with E-state index >= 15 is 0 Å². The maximum Gasteiger partial charge on any atom is 0.00954 e. The van der Waals surface area contributed by atoms with Crippen LogP contribution < -0.4 is 5.73 Å². The normalized spacial score (nSPS) is 23.2. The number of unbranched alkanes of at least 4 members (excludes halogenated alkanes) is 1. The molecule has 1 unspecified atom stereocenters. The Bertz CT molecular complexity index is 116. The van der Waals surface area contributed by atoms with Crippen molar-refractivity contribution in [3.63, 3.8) is 0 Å². The van der Waals surface area contributed by atoms with Crippen LogP contribution in [0, 0.1) is 5.41 Å². The second kappa shape index (κ2) is 3.57. The van der Waals surface area contributed by atoms with E-state index in [0.29, 0.717) is 11.5 Å². The quantitative estimate of drug-likeness (QED) is 0.649. The van der Waals surface area contributed by atoms with Gasteiger partial charge in [0.25, 0.3) is 0 Å². The Morgan fingerprint density at radius 3 is 2.36 bits per heavy atom. The first-order chi connectivity index (χ1) is 5.25. The van der Waals surface area contributed by atoms with Crippen LogP contribution >= 0.6 is 0 Å². The van der Waals surface area contributed by atoms with Gasteiger partial charge < -0.3 is 5.73 Å². The second-order valence-electron chi connectivity index (χ2n) is 3.96. The fraction of sp³-hybridized carbons (Fsp3) is 1.00. The van der Waals surface area contributed by atoms with E-state index < -0.39 is 0 Å². The van der Waals surface area contributed by atoms with Gasteiger partial charge in [0.15, 0.2) is 0 Å². The van der Waals surface area contributed by atoms with Gasteiger partial charge in [-0.3, -0.25) is 0 Å². The van der Waals surface area contributed by atoms with Gasteiger partial charge in [-0.15, -0.1) is 0 Å². The first kappa shape index (κ1) is 9.05. The Labute approximate surface area is 70.4 Å². The fourth-order valence-corrected chi connectivity index (χ4v) is 1.88. The third-order valence-electron chi connectivity index (χ3n) is 3.25. The second-order valence-corrected chi connectivity index (χ2v) is 3.96. The lowest BCUT2D eigenvalue weighted by Gasteiger charge is -2.21. The maximum absolute atomic E-state index is 6.11. The van der Waals surface area contributed by atoms with Gasteiger partial charge in [-0.25, -0.2) is 0 Å². The Morgan fingerprint density at radius 2 is 2.00 bits per heavy atom. The number of hydrogen-bond donors (Lipinski definition) is 1. The number of nitrogens with two attached hydrogens (primary N) is 1. The molecule has 1 rings (SSSR count). The molecule has 1 atom stereocenters. The van der Waals surface area contributed by atoms with Crippen molar-refractivity contribution in [1.82, 2.24) is 0 Å².